The number of carbonyl (C=O) groups excluding carboxylic acids is 2. The Balaban J connectivity index is 1.31. The molecule has 0 N–H and O–H groups in total. The van der Waals surface area contributed by atoms with E-state index in [1.165, 1.54) is 18.7 Å². The van der Waals surface area contributed by atoms with Gasteiger partial charge in [-0.25, -0.2) is 0 Å². The minimum absolute atomic E-state index is 0.0275. The van der Waals surface area contributed by atoms with E-state index in [1.54, 1.807) is 31.4 Å². The fourth-order valence-electron chi connectivity index (χ4n) is 4.94. The SMILES string of the molecule is COc1ccc(C(=O)/C=C/c2cccc(C(=O)N3CCN(Cc4ccccc4)C34COC4)c2)cc1OC. The molecular formula is C30H30N2O5. The number of nitrogens with zero attached hydrogens (tertiary/aromatic N) is 2. The molecule has 2 aliphatic rings. The summed E-state index contributed by atoms with van der Waals surface area (Å²) in [6, 6.07) is 22.7. The average molecular weight is 499 g/mol. The molecule has 2 fully saturated rings. The molecule has 3 aromatic carbocycles. The van der Waals surface area contributed by atoms with Gasteiger partial charge in [0, 0.05) is 30.8 Å². The number of methoxy groups -OCH3 is 2. The Kier molecular flexibility index (Phi) is 7.08. The molecule has 0 bridgehead atoms. The minimum atomic E-state index is -0.415. The van der Waals surface area contributed by atoms with E-state index in [0.29, 0.717) is 42.4 Å². The van der Waals surface area contributed by atoms with Crippen molar-refractivity contribution in [3.63, 3.8) is 0 Å². The van der Waals surface area contributed by atoms with Crippen LogP contribution in [0.5, 0.6) is 11.5 Å². The number of ketones is 1. The van der Waals surface area contributed by atoms with Crippen LogP contribution in [-0.2, 0) is 11.3 Å². The Morgan fingerprint density at radius 2 is 1.68 bits per heavy atom. The summed E-state index contributed by atoms with van der Waals surface area (Å²) in [7, 11) is 3.09. The highest BCUT2D eigenvalue weighted by molar-refractivity contribution is 6.07. The van der Waals surface area contributed by atoms with Crippen molar-refractivity contribution in [2.45, 2.75) is 12.2 Å². The summed E-state index contributed by atoms with van der Waals surface area (Å²) >= 11 is 0. The molecule has 2 saturated heterocycles. The third-order valence-electron chi connectivity index (χ3n) is 7.04. The molecular weight excluding hydrogens is 468 g/mol. The van der Waals surface area contributed by atoms with Crippen molar-refractivity contribution in [3.8, 4) is 11.5 Å². The first kappa shape index (κ1) is 24.7. The van der Waals surface area contributed by atoms with Gasteiger partial charge in [-0.3, -0.25) is 14.5 Å². The van der Waals surface area contributed by atoms with Crippen LogP contribution in [0.4, 0.5) is 0 Å². The maximum atomic E-state index is 13.6. The Morgan fingerprint density at radius 1 is 0.892 bits per heavy atom. The highest BCUT2D eigenvalue weighted by atomic mass is 16.5. The van der Waals surface area contributed by atoms with E-state index in [0.717, 1.165) is 18.7 Å². The van der Waals surface area contributed by atoms with Crippen LogP contribution in [0.1, 0.15) is 31.8 Å². The van der Waals surface area contributed by atoms with Gasteiger partial charge in [0.2, 0.25) is 0 Å². The van der Waals surface area contributed by atoms with Crippen LogP contribution in [0.3, 0.4) is 0 Å². The molecule has 5 rings (SSSR count). The van der Waals surface area contributed by atoms with Crippen molar-refractivity contribution in [2.24, 2.45) is 0 Å². The van der Waals surface area contributed by atoms with E-state index >= 15 is 0 Å². The van der Waals surface area contributed by atoms with Gasteiger partial charge in [0.05, 0.1) is 27.4 Å². The third kappa shape index (κ3) is 4.88. The predicted octanol–water partition coefficient (Wildman–Crippen LogP) is 4.28. The zero-order valence-corrected chi connectivity index (χ0v) is 21.1. The summed E-state index contributed by atoms with van der Waals surface area (Å²) in [6.07, 6.45) is 3.23. The topological polar surface area (TPSA) is 68.3 Å². The fourth-order valence-corrected chi connectivity index (χ4v) is 4.94. The summed E-state index contributed by atoms with van der Waals surface area (Å²) in [4.78, 5) is 30.7. The molecule has 7 nitrogen and oxygen atoms in total. The molecule has 3 aromatic rings. The third-order valence-corrected chi connectivity index (χ3v) is 7.04. The molecule has 0 aromatic heterocycles. The lowest BCUT2D eigenvalue weighted by atomic mass is 10.0. The van der Waals surface area contributed by atoms with Crippen LogP contribution >= 0.6 is 0 Å². The second kappa shape index (κ2) is 10.6. The van der Waals surface area contributed by atoms with Crippen molar-refractivity contribution >= 4 is 17.8 Å². The van der Waals surface area contributed by atoms with Gasteiger partial charge in [-0.2, -0.15) is 0 Å². The summed E-state index contributed by atoms with van der Waals surface area (Å²) in [5.41, 5.74) is 2.66. The average Bonchev–Trinajstić information content (AvgIpc) is 3.31. The van der Waals surface area contributed by atoms with Gasteiger partial charge in [-0.1, -0.05) is 48.5 Å². The highest BCUT2D eigenvalue weighted by Gasteiger charge is 2.54. The molecule has 37 heavy (non-hydrogen) atoms. The second-order valence-corrected chi connectivity index (χ2v) is 9.23. The Morgan fingerprint density at radius 3 is 2.38 bits per heavy atom. The molecule has 0 atom stereocenters. The van der Waals surface area contributed by atoms with E-state index in [9.17, 15) is 9.59 Å². The zero-order chi connectivity index (χ0) is 25.8. The maximum absolute atomic E-state index is 13.6. The quantitative estimate of drug-likeness (QED) is 0.341. The second-order valence-electron chi connectivity index (χ2n) is 9.23. The number of amides is 1. The zero-order valence-electron chi connectivity index (χ0n) is 21.1. The monoisotopic (exact) mass is 498 g/mol. The van der Waals surface area contributed by atoms with E-state index < -0.39 is 5.66 Å². The van der Waals surface area contributed by atoms with Crippen LogP contribution in [0.25, 0.3) is 6.08 Å². The highest BCUT2D eigenvalue weighted by Crippen LogP contribution is 2.36. The summed E-state index contributed by atoms with van der Waals surface area (Å²) in [6.45, 7) is 3.22. The molecule has 190 valence electrons. The Hall–Kier alpha value is -3.94. The molecule has 0 saturated carbocycles. The number of benzene rings is 3. The number of hydrogen-bond donors (Lipinski definition) is 0. The number of rotatable bonds is 8. The molecule has 0 aliphatic carbocycles. The smallest absolute Gasteiger partial charge is 0.255 e. The largest absolute Gasteiger partial charge is 0.493 e. The van der Waals surface area contributed by atoms with Crippen molar-refractivity contribution < 1.29 is 23.8 Å². The molecule has 1 amide bonds. The Labute approximate surface area is 216 Å². The first-order valence-electron chi connectivity index (χ1n) is 12.3. The van der Waals surface area contributed by atoms with Gasteiger partial charge in [0.1, 0.15) is 5.66 Å². The van der Waals surface area contributed by atoms with Gasteiger partial charge < -0.3 is 19.1 Å². The minimum Gasteiger partial charge on any atom is -0.493 e. The lowest BCUT2D eigenvalue weighted by Gasteiger charge is -2.49. The van der Waals surface area contributed by atoms with Gasteiger partial charge in [-0.05, 0) is 47.5 Å². The normalized spacial score (nSPS) is 16.6. The van der Waals surface area contributed by atoms with E-state index in [1.807, 2.05) is 47.4 Å². The van der Waals surface area contributed by atoms with E-state index in [-0.39, 0.29) is 11.7 Å². The van der Waals surface area contributed by atoms with Crippen molar-refractivity contribution in [1.82, 2.24) is 9.80 Å². The van der Waals surface area contributed by atoms with Crippen molar-refractivity contribution in [2.75, 3.05) is 40.5 Å². The van der Waals surface area contributed by atoms with E-state index in [4.69, 9.17) is 14.2 Å². The Bertz CT molecular complexity index is 1320. The first-order chi connectivity index (χ1) is 18.0. The number of ether oxygens (including phenoxy) is 3. The summed E-state index contributed by atoms with van der Waals surface area (Å²) in [5.74, 6) is 0.864. The van der Waals surface area contributed by atoms with Gasteiger partial charge >= 0.3 is 0 Å². The molecule has 1 spiro atoms. The molecule has 2 heterocycles. The van der Waals surface area contributed by atoms with Crippen molar-refractivity contribution in [1.29, 1.82) is 0 Å². The fraction of sp³-hybridized carbons (Fsp3) is 0.267. The van der Waals surface area contributed by atoms with Crippen LogP contribution in [0.15, 0.2) is 78.9 Å². The number of hydrogen-bond acceptors (Lipinski definition) is 6. The lowest BCUT2D eigenvalue weighted by Crippen LogP contribution is -2.67. The first-order valence-corrected chi connectivity index (χ1v) is 12.3. The maximum Gasteiger partial charge on any atom is 0.255 e. The van der Waals surface area contributed by atoms with Gasteiger partial charge in [0.15, 0.2) is 17.3 Å². The molecule has 0 unspecified atom stereocenters. The van der Waals surface area contributed by atoms with E-state index in [2.05, 4.69) is 17.0 Å². The molecule has 2 aliphatic heterocycles. The van der Waals surface area contributed by atoms with Crippen molar-refractivity contribution in [3.05, 3.63) is 101 Å². The number of allylic oxidation sites excluding steroid dienone is 1. The summed E-state index contributed by atoms with van der Waals surface area (Å²) in [5, 5.41) is 0. The van der Waals surface area contributed by atoms with Crippen LogP contribution in [0.2, 0.25) is 0 Å². The summed E-state index contributed by atoms with van der Waals surface area (Å²) < 4.78 is 16.1. The predicted molar refractivity (Wildman–Crippen MR) is 141 cm³/mol. The molecule has 0 radical (unpaired) electrons. The number of carbonyl (C=O) groups is 2. The van der Waals surface area contributed by atoms with Gasteiger partial charge in [0.25, 0.3) is 5.91 Å². The van der Waals surface area contributed by atoms with Crippen LogP contribution in [0, 0.1) is 0 Å². The lowest BCUT2D eigenvalue weighted by molar-refractivity contribution is -0.176. The van der Waals surface area contributed by atoms with Gasteiger partial charge in [-0.15, -0.1) is 0 Å². The van der Waals surface area contributed by atoms with Crippen LogP contribution < -0.4 is 9.47 Å². The van der Waals surface area contributed by atoms with Crippen LogP contribution in [-0.4, -0.2) is 67.7 Å². The standard InChI is InChI=1S/C30H30N2O5/c1-35-27-14-12-24(18-28(27)36-2)26(33)13-11-22-9-6-10-25(17-22)29(34)32-16-15-31(30(32)20-37-21-30)19-23-7-4-3-5-8-23/h3-14,17-18H,15-16,19-21H2,1-2H3/b13-11+. The molecule has 7 heteroatoms.